The average molecular weight is 379 g/mol. The van der Waals surface area contributed by atoms with Crippen molar-refractivity contribution < 1.29 is 0 Å². The first-order valence-corrected chi connectivity index (χ1v) is 11.7. The molecular formula is C26H38N2. The number of aromatic nitrogens is 2. The Morgan fingerprint density at radius 1 is 0.714 bits per heavy atom. The van der Waals surface area contributed by atoms with Gasteiger partial charge in [-0.2, -0.15) is 10.2 Å². The van der Waals surface area contributed by atoms with E-state index in [2.05, 4.69) is 60.4 Å². The molecule has 1 aliphatic carbocycles. The fourth-order valence-electron chi connectivity index (χ4n) is 4.61. The SMILES string of the molecule is CCCCCC1CCC(CCc2ccc(-c3ccc(CCC)nn3)cc2)CC1. The van der Waals surface area contributed by atoms with E-state index < -0.39 is 0 Å². The smallest absolute Gasteiger partial charge is 0.0929 e. The second-order valence-electron chi connectivity index (χ2n) is 8.78. The Morgan fingerprint density at radius 2 is 1.43 bits per heavy atom. The van der Waals surface area contributed by atoms with Crippen LogP contribution in [-0.4, -0.2) is 10.2 Å². The van der Waals surface area contributed by atoms with Crippen molar-refractivity contribution in [3.63, 3.8) is 0 Å². The van der Waals surface area contributed by atoms with Crippen LogP contribution in [0, 0.1) is 11.8 Å². The standard InChI is InChI=1S/C26H38N2/c1-3-5-6-8-21-9-11-22(12-10-21)13-14-23-15-17-24(18-16-23)26-20-19-25(7-4-2)27-28-26/h15-22H,3-14H2,1-2H3. The van der Waals surface area contributed by atoms with Gasteiger partial charge in [-0.1, -0.05) is 95.9 Å². The molecule has 1 saturated carbocycles. The molecule has 1 aromatic carbocycles. The Bertz CT molecular complexity index is 667. The molecule has 0 amide bonds. The van der Waals surface area contributed by atoms with Crippen LogP contribution in [0.25, 0.3) is 11.3 Å². The van der Waals surface area contributed by atoms with Crippen LogP contribution in [0.2, 0.25) is 0 Å². The molecular weight excluding hydrogens is 340 g/mol. The maximum Gasteiger partial charge on any atom is 0.0929 e. The van der Waals surface area contributed by atoms with E-state index in [1.165, 1.54) is 75.3 Å². The molecule has 1 aromatic heterocycles. The summed E-state index contributed by atoms with van der Waals surface area (Å²) in [5.74, 6) is 1.96. The van der Waals surface area contributed by atoms with Gasteiger partial charge >= 0.3 is 0 Å². The van der Waals surface area contributed by atoms with E-state index in [0.29, 0.717) is 0 Å². The molecule has 2 heteroatoms. The van der Waals surface area contributed by atoms with Gasteiger partial charge in [-0.3, -0.25) is 0 Å². The van der Waals surface area contributed by atoms with Crippen molar-refractivity contribution in [3.05, 3.63) is 47.7 Å². The van der Waals surface area contributed by atoms with Crippen molar-refractivity contribution >= 4 is 0 Å². The van der Waals surface area contributed by atoms with E-state index in [1.807, 2.05) is 0 Å². The number of aryl methyl sites for hydroxylation is 2. The first-order valence-electron chi connectivity index (χ1n) is 11.7. The van der Waals surface area contributed by atoms with Gasteiger partial charge in [-0.25, -0.2) is 0 Å². The molecule has 152 valence electrons. The van der Waals surface area contributed by atoms with Crippen LogP contribution in [0.1, 0.15) is 89.3 Å². The Kier molecular flexibility index (Phi) is 8.51. The molecule has 0 radical (unpaired) electrons. The van der Waals surface area contributed by atoms with E-state index in [9.17, 15) is 0 Å². The zero-order chi connectivity index (χ0) is 19.6. The molecule has 0 spiro atoms. The molecule has 1 aliphatic rings. The molecule has 3 rings (SSSR count). The van der Waals surface area contributed by atoms with E-state index in [1.54, 1.807) is 0 Å². The van der Waals surface area contributed by atoms with E-state index in [-0.39, 0.29) is 0 Å². The van der Waals surface area contributed by atoms with Gasteiger partial charge in [0.2, 0.25) is 0 Å². The number of hydrogen-bond acceptors (Lipinski definition) is 2. The Morgan fingerprint density at radius 3 is 2.04 bits per heavy atom. The number of hydrogen-bond donors (Lipinski definition) is 0. The normalized spacial score (nSPS) is 19.6. The van der Waals surface area contributed by atoms with Crippen molar-refractivity contribution in [1.82, 2.24) is 10.2 Å². The number of rotatable bonds is 10. The third-order valence-corrected chi connectivity index (χ3v) is 6.50. The minimum Gasteiger partial charge on any atom is -0.155 e. The lowest BCUT2D eigenvalue weighted by Crippen LogP contribution is -2.15. The van der Waals surface area contributed by atoms with Gasteiger partial charge < -0.3 is 0 Å². The molecule has 0 atom stereocenters. The third-order valence-electron chi connectivity index (χ3n) is 6.50. The summed E-state index contributed by atoms with van der Waals surface area (Å²) in [7, 11) is 0. The lowest BCUT2D eigenvalue weighted by Gasteiger charge is -2.28. The maximum absolute atomic E-state index is 4.40. The van der Waals surface area contributed by atoms with Gasteiger partial charge in [-0.15, -0.1) is 0 Å². The Hall–Kier alpha value is -1.70. The summed E-state index contributed by atoms with van der Waals surface area (Å²) in [6, 6.07) is 13.2. The molecule has 0 unspecified atom stereocenters. The largest absolute Gasteiger partial charge is 0.155 e. The summed E-state index contributed by atoms with van der Waals surface area (Å²) in [6.07, 6.45) is 16.2. The monoisotopic (exact) mass is 378 g/mol. The molecule has 0 bridgehead atoms. The highest BCUT2D eigenvalue weighted by molar-refractivity contribution is 5.58. The highest BCUT2D eigenvalue weighted by Gasteiger charge is 2.20. The van der Waals surface area contributed by atoms with E-state index in [4.69, 9.17) is 0 Å². The summed E-state index contributed by atoms with van der Waals surface area (Å²) in [6.45, 7) is 4.48. The van der Waals surface area contributed by atoms with Gasteiger partial charge in [0.05, 0.1) is 11.4 Å². The number of unbranched alkanes of at least 4 members (excludes halogenated alkanes) is 2. The minimum absolute atomic E-state index is 0.944. The van der Waals surface area contributed by atoms with Gasteiger partial charge in [0.1, 0.15) is 0 Å². The highest BCUT2D eigenvalue weighted by Crippen LogP contribution is 2.34. The fourth-order valence-corrected chi connectivity index (χ4v) is 4.61. The van der Waals surface area contributed by atoms with E-state index >= 15 is 0 Å². The van der Waals surface area contributed by atoms with Crippen molar-refractivity contribution in [2.75, 3.05) is 0 Å². The topological polar surface area (TPSA) is 25.8 Å². The first-order chi connectivity index (χ1) is 13.8. The highest BCUT2D eigenvalue weighted by atomic mass is 15.1. The molecule has 0 aliphatic heterocycles. The van der Waals surface area contributed by atoms with Crippen molar-refractivity contribution in [3.8, 4) is 11.3 Å². The zero-order valence-electron chi connectivity index (χ0n) is 18.0. The summed E-state index contributed by atoms with van der Waals surface area (Å²) < 4.78 is 0. The van der Waals surface area contributed by atoms with Crippen molar-refractivity contribution in [1.29, 1.82) is 0 Å². The molecule has 28 heavy (non-hydrogen) atoms. The molecule has 0 saturated heterocycles. The van der Waals surface area contributed by atoms with Crippen LogP contribution < -0.4 is 0 Å². The third kappa shape index (κ3) is 6.43. The molecule has 0 N–H and O–H groups in total. The fraction of sp³-hybridized carbons (Fsp3) is 0.615. The summed E-state index contributed by atoms with van der Waals surface area (Å²) in [4.78, 5) is 0. The lowest BCUT2D eigenvalue weighted by molar-refractivity contribution is 0.249. The average Bonchev–Trinajstić information content (AvgIpc) is 2.75. The van der Waals surface area contributed by atoms with E-state index in [0.717, 1.165) is 36.1 Å². The minimum atomic E-state index is 0.944. The summed E-state index contributed by atoms with van der Waals surface area (Å²) >= 11 is 0. The van der Waals surface area contributed by atoms with Crippen LogP contribution in [0.4, 0.5) is 0 Å². The van der Waals surface area contributed by atoms with Crippen LogP contribution in [0.5, 0.6) is 0 Å². The summed E-state index contributed by atoms with van der Waals surface area (Å²) in [5, 5.41) is 8.74. The van der Waals surface area contributed by atoms with Crippen LogP contribution >= 0.6 is 0 Å². The van der Waals surface area contributed by atoms with Gasteiger partial charge in [0.15, 0.2) is 0 Å². The maximum atomic E-state index is 4.40. The molecule has 1 fully saturated rings. The molecule has 2 aromatic rings. The Balaban J connectivity index is 1.42. The van der Waals surface area contributed by atoms with Gasteiger partial charge in [0, 0.05) is 5.56 Å². The quantitative estimate of drug-likeness (QED) is 0.402. The summed E-state index contributed by atoms with van der Waals surface area (Å²) in [5.41, 5.74) is 4.70. The van der Waals surface area contributed by atoms with Crippen molar-refractivity contribution in [2.45, 2.75) is 90.9 Å². The van der Waals surface area contributed by atoms with Crippen LogP contribution in [-0.2, 0) is 12.8 Å². The second kappa shape index (κ2) is 11.3. The van der Waals surface area contributed by atoms with Crippen LogP contribution in [0.3, 0.4) is 0 Å². The van der Waals surface area contributed by atoms with Crippen molar-refractivity contribution in [2.24, 2.45) is 11.8 Å². The Labute approximate surface area is 172 Å². The van der Waals surface area contributed by atoms with Gasteiger partial charge in [0.25, 0.3) is 0 Å². The predicted octanol–water partition coefficient (Wildman–Crippen LogP) is 7.42. The van der Waals surface area contributed by atoms with Gasteiger partial charge in [-0.05, 0) is 48.8 Å². The van der Waals surface area contributed by atoms with Crippen LogP contribution in [0.15, 0.2) is 36.4 Å². The lowest BCUT2D eigenvalue weighted by atomic mass is 9.78. The molecule has 2 nitrogen and oxygen atoms in total. The zero-order valence-corrected chi connectivity index (χ0v) is 18.0. The second-order valence-corrected chi connectivity index (χ2v) is 8.78. The first kappa shape index (κ1) is 21.0. The number of nitrogens with zero attached hydrogens (tertiary/aromatic N) is 2. The molecule has 1 heterocycles. The predicted molar refractivity (Wildman–Crippen MR) is 119 cm³/mol. The number of benzene rings is 1.